The Labute approximate surface area is 168 Å². The second-order valence-electron chi connectivity index (χ2n) is 7.47. The first-order valence-corrected chi connectivity index (χ1v) is 9.00. The Bertz CT molecular complexity index is 910. The van der Waals surface area contributed by atoms with Crippen LogP contribution in [0.2, 0.25) is 0 Å². The molecule has 3 amide bonds. The topological polar surface area (TPSA) is 98.7 Å². The van der Waals surface area contributed by atoms with Crippen molar-refractivity contribution >= 4 is 29.3 Å². The molecule has 154 valence electrons. The molecule has 0 saturated heterocycles. The van der Waals surface area contributed by atoms with Crippen LogP contribution >= 0.6 is 0 Å². The molecule has 0 fully saturated rings. The van der Waals surface area contributed by atoms with E-state index >= 15 is 0 Å². The fraction of sp³-hybridized carbons (Fsp3) is 0.286. The molecule has 2 aromatic rings. The number of para-hydroxylation sites is 1. The molecule has 0 saturated carbocycles. The molecular weight excluding hydrogens is 377 g/mol. The van der Waals surface area contributed by atoms with Gasteiger partial charge in [0.25, 0.3) is 5.91 Å². The van der Waals surface area contributed by atoms with Gasteiger partial charge in [-0.3, -0.25) is 14.5 Å². The number of nitrogens with zero attached hydrogens (tertiary/aromatic N) is 1. The number of benzene rings is 2. The third-order valence-electron chi connectivity index (χ3n) is 4.23. The van der Waals surface area contributed by atoms with Gasteiger partial charge in [0, 0.05) is 11.2 Å². The first-order chi connectivity index (χ1) is 13.5. The van der Waals surface area contributed by atoms with E-state index in [1.54, 1.807) is 51.1 Å². The van der Waals surface area contributed by atoms with Crippen molar-refractivity contribution < 1.29 is 23.9 Å². The van der Waals surface area contributed by atoms with Crippen LogP contribution in [0.25, 0.3) is 0 Å². The summed E-state index contributed by atoms with van der Waals surface area (Å²) in [6.07, 6.45) is -1.26. The van der Waals surface area contributed by atoms with Crippen molar-refractivity contribution in [3.63, 3.8) is 0 Å². The number of halogens is 1. The van der Waals surface area contributed by atoms with Gasteiger partial charge in [0.05, 0.1) is 11.3 Å². The molecule has 1 unspecified atom stereocenters. The minimum atomic E-state index is -1.26. The van der Waals surface area contributed by atoms with E-state index in [2.05, 4.69) is 10.6 Å². The first-order valence-electron chi connectivity index (χ1n) is 9.00. The highest BCUT2D eigenvalue weighted by atomic mass is 19.1. The van der Waals surface area contributed by atoms with Gasteiger partial charge in [-0.15, -0.1) is 0 Å². The second-order valence-corrected chi connectivity index (χ2v) is 7.47. The number of nitrogens with one attached hydrogen (secondary N) is 2. The maximum atomic E-state index is 14.4. The van der Waals surface area contributed by atoms with Crippen molar-refractivity contribution in [3.8, 4) is 0 Å². The molecule has 8 heteroatoms. The molecule has 2 aromatic carbocycles. The molecule has 0 bridgehead atoms. The zero-order valence-electron chi connectivity index (χ0n) is 16.7. The van der Waals surface area contributed by atoms with Gasteiger partial charge in [0.1, 0.15) is 11.9 Å². The van der Waals surface area contributed by atoms with E-state index in [1.807, 2.05) is 0 Å². The van der Waals surface area contributed by atoms with Crippen LogP contribution in [0.15, 0.2) is 48.5 Å². The molecule has 0 radical (unpaired) electrons. The van der Waals surface area contributed by atoms with Crippen LogP contribution in [0.3, 0.4) is 0 Å². The molecule has 1 atom stereocenters. The zero-order valence-corrected chi connectivity index (χ0v) is 16.7. The van der Waals surface area contributed by atoms with Gasteiger partial charge in [-0.05, 0) is 52.0 Å². The van der Waals surface area contributed by atoms with Crippen LogP contribution in [0.5, 0.6) is 0 Å². The predicted octanol–water partition coefficient (Wildman–Crippen LogP) is 4.18. The maximum Gasteiger partial charge on any atom is 0.408 e. The van der Waals surface area contributed by atoms with E-state index < -0.39 is 35.3 Å². The normalized spacial score (nSPS) is 12.0. The third kappa shape index (κ3) is 5.31. The molecule has 0 aromatic heterocycles. The van der Waals surface area contributed by atoms with Crippen molar-refractivity contribution in [1.82, 2.24) is 4.90 Å². The molecule has 2 rings (SSSR count). The van der Waals surface area contributed by atoms with Gasteiger partial charge in [0.2, 0.25) is 5.91 Å². The van der Waals surface area contributed by atoms with Crippen molar-refractivity contribution in [3.05, 3.63) is 59.9 Å². The predicted molar refractivity (Wildman–Crippen MR) is 109 cm³/mol. The first kappa shape index (κ1) is 21.9. The Morgan fingerprint density at radius 2 is 1.62 bits per heavy atom. The van der Waals surface area contributed by atoms with E-state index in [1.165, 1.54) is 19.1 Å². The summed E-state index contributed by atoms with van der Waals surface area (Å²) in [5.41, 5.74) is -0.752. The number of rotatable bonds is 5. The van der Waals surface area contributed by atoms with Crippen LogP contribution < -0.4 is 10.6 Å². The summed E-state index contributed by atoms with van der Waals surface area (Å²) < 4.78 is 14.4. The molecule has 3 N–H and O–H groups in total. The summed E-state index contributed by atoms with van der Waals surface area (Å²) in [5, 5.41) is 14.5. The van der Waals surface area contributed by atoms with E-state index in [4.69, 9.17) is 0 Å². The van der Waals surface area contributed by atoms with Crippen LogP contribution in [-0.4, -0.2) is 39.5 Å². The number of hydrogen-bond acceptors (Lipinski definition) is 3. The Hall–Kier alpha value is -3.42. The van der Waals surface area contributed by atoms with E-state index in [-0.39, 0.29) is 11.3 Å². The second kappa shape index (κ2) is 8.72. The van der Waals surface area contributed by atoms with Gasteiger partial charge in [-0.2, -0.15) is 0 Å². The van der Waals surface area contributed by atoms with Crippen LogP contribution in [0, 0.1) is 5.82 Å². The van der Waals surface area contributed by atoms with Gasteiger partial charge >= 0.3 is 6.09 Å². The summed E-state index contributed by atoms with van der Waals surface area (Å²) in [6, 6.07) is 11.3. The molecule has 0 aliphatic carbocycles. The molecule has 29 heavy (non-hydrogen) atoms. The molecule has 0 heterocycles. The summed E-state index contributed by atoms with van der Waals surface area (Å²) in [7, 11) is 0. The van der Waals surface area contributed by atoms with Crippen LogP contribution in [0.4, 0.5) is 20.6 Å². The fourth-order valence-electron chi connectivity index (χ4n) is 2.96. The van der Waals surface area contributed by atoms with E-state index in [9.17, 15) is 23.9 Å². The number of carbonyl (C=O) groups is 3. The van der Waals surface area contributed by atoms with Crippen LogP contribution in [0.1, 0.15) is 38.1 Å². The monoisotopic (exact) mass is 401 g/mol. The van der Waals surface area contributed by atoms with Gasteiger partial charge in [-0.25, -0.2) is 9.18 Å². The average Bonchev–Trinajstić information content (AvgIpc) is 2.60. The lowest BCUT2D eigenvalue weighted by Gasteiger charge is -2.37. The molecule has 0 spiro atoms. The average molecular weight is 401 g/mol. The SMILES string of the molecule is CC(C(=O)Nc1cccc(F)c1C(=O)Nc1ccccc1)N(C(=O)O)C(C)(C)C. The smallest absolute Gasteiger partial charge is 0.408 e. The van der Waals surface area contributed by atoms with Gasteiger partial charge < -0.3 is 15.7 Å². The number of amides is 3. The standard InChI is InChI=1S/C21H24FN3O4/c1-13(25(20(28)29)21(2,3)4)18(26)24-16-12-8-11-15(22)17(16)19(27)23-14-9-6-5-7-10-14/h5-13H,1-4H3,(H,23,27)(H,24,26)(H,28,29). The summed E-state index contributed by atoms with van der Waals surface area (Å²) in [5.74, 6) is -2.22. The molecule has 0 aliphatic heterocycles. The third-order valence-corrected chi connectivity index (χ3v) is 4.23. The molecular formula is C21H24FN3O4. The number of carboxylic acid groups (broad SMARTS) is 1. The lowest BCUT2D eigenvalue weighted by atomic mass is 10.0. The van der Waals surface area contributed by atoms with Crippen molar-refractivity contribution in [1.29, 1.82) is 0 Å². The summed E-state index contributed by atoms with van der Waals surface area (Å²) in [4.78, 5) is 37.9. The highest BCUT2D eigenvalue weighted by Gasteiger charge is 2.35. The Morgan fingerprint density at radius 1 is 1.00 bits per heavy atom. The van der Waals surface area contributed by atoms with Crippen molar-refractivity contribution in [2.24, 2.45) is 0 Å². The number of hydrogen-bond donors (Lipinski definition) is 3. The molecule has 0 aliphatic rings. The lowest BCUT2D eigenvalue weighted by molar-refractivity contribution is -0.121. The lowest BCUT2D eigenvalue weighted by Crippen LogP contribution is -2.54. The highest BCUT2D eigenvalue weighted by molar-refractivity contribution is 6.10. The van der Waals surface area contributed by atoms with Crippen molar-refractivity contribution in [2.75, 3.05) is 10.6 Å². The largest absolute Gasteiger partial charge is 0.465 e. The Morgan fingerprint density at radius 3 is 2.17 bits per heavy atom. The Balaban J connectivity index is 2.29. The number of anilines is 2. The minimum Gasteiger partial charge on any atom is -0.465 e. The van der Waals surface area contributed by atoms with Gasteiger partial charge in [-0.1, -0.05) is 24.3 Å². The highest BCUT2D eigenvalue weighted by Crippen LogP contribution is 2.23. The summed E-state index contributed by atoms with van der Waals surface area (Å²) in [6.45, 7) is 6.40. The summed E-state index contributed by atoms with van der Waals surface area (Å²) >= 11 is 0. The van der Waals surface area contributed by atoms with Crippen LogP contribution in [-0.2, 0) is 4.79 Å². The minimum absolute atomic E-state index is 0.0467. The van der Waals surface area contributed by atoms with Gasteiger partial charge in [0.15, 0.2) is 0 Å². The quantitative estimate of drug-likeness (QED) is 0.700. The van der Waals surface area contributed by atoms with Crippen molar-refractivity contribution in [2.45, 2.75) is 39.3 Å². The zero-order chi connectivity index (χ0) is 21.8. The van der Waals surface area contributed by atoms with E-state index in [0.717, 1.165) is 11.0 Å². The maximum absolute atomic E-state index is 14.4. The number of carbonyl (C=O) groups excluding carboxylic acids is 2. The molecule has 7 nitrogen and oxygen atoms in total. The Kier molecular flexibility index (Phi) is 6.58. The fourth-order valence-corrected chi connectivity index (χ4v) is 2.96. The van der Waals surface area contributed by atoms with E-state index in [0.29, 0.717) is 5.69 Å².